The molecule has 7 heteroatoms. The molecule has 0 radical (unpaired) electrons. The number of H-pyrrole nitrogens is 1. The SMILES string of the molecule is CCCc1cc(CN(C)Cc2nc(-c3cccc(Cl)c3)no2)[nH]n1. The number of aromatic nitrogens is 4. The maximum absolute atomic E-state index is 6.00. The number of nitrogens with zero attached hydrogens (tertiary/aromatic N) is 4. The fraction of sp³-hybridized carbons (Fsp3) is 0.353. The molecule has 0 fully saturated rings. The van der Waals surface area contributed by atoms with E-state index in [0.29, 0.717) is 23.3 Å². The van der Waals surface area contributed by atoms with Gasteiger partial charge < -0.3 is 4.52 Å². The number of rotatable bonds is 7. The summed E-state index contributed by atoms with van der Waals surface area (Å²) in [5.41, 5.74) is 3.02. The summed E-state index contributed by atoms with van der Waals surface area (Å²) in [6.45, 7) is 3.45. The van der Waals surface area contributed by atoms with Crippen molar-refractivity contribution in [3.63, 3.8) is 0 Å². The minimum Gasteiger partial charge on any atom is -0.338 e. The number of hydrogen-bond acceptors (Lipinski definition) is 5. The Morgan fingerprint density at radius 2 is 2.12 bits per heavy atom. The van der Waals surface area contributed by atoms with Crippen molar-refractivity contribution in [2.45, 2.75) is 32.9 Å². The van der Waals surface area contributed by atoms with Crippen molar-refractivity contribution in [3.8, 4) is 11.4 Å². The topological polar surface area (TPSA) is 70.8 Å². The van der Waals surface area contributed by atoms with Crippen LogP contribution in [0.5, 0.6) is 0 Å². The first-order valence-electron chi connectivity index (χ1n) is 7.94. The van der Waals surface area contributed by atoms with Crippen molar-refractivity contribution in [3.05, 3.63) is 52.6 Å². The van der Waals surface area contributed by atoms with E-state index in [1.165, 1.54) is 0 Å². The Bertz CT molecular complexity index is 798. The fourth-order valence-corrected chi connectivity index (χ4v) is 2.71. The van der Waals surface area contributed by atoms with Crippen LogP contribution in [0.4, 0.5) is 0 Å². The van der Waals surface area contributed by atoms with Gasteiger partial charge in [0.2, 0.25) is 11.7 Å². The van der Waals surface area contributed by atoms with Gasteiger partial charge >= 0.3 is 0 Å². The van der Waals surface area contributed by atoms with Crippen LogP contribution in [0.3, 0.4) is 0 Å². The minimum atomic E-state index is 0.549. The standard InChI is InChI=1S/C17H20ClN5O/c1-3-5-14-9-15(21-20-14)10-23(2)11-16-19-17(22-24-16)12-6-4-7-13(18)8-12/h4,6-9H,3,5,10-11H2,1-2H3,(H,20,21). The molecule has 0 unspecified atom stereocenters. The first-order valence-corrected chi connectivity index (χ1v) is 8.32. The number of nitrogens with one attached hydrogen (secondary N) is 1. The van der Waals surface area contributed by atoms with E-state index in [4.69, 9.17) is 16.1 Å². The molecule has 2 heterocycles. The highest BCUT2D eigenvalue weighted by molar-refractivity contribution is 6.30. The monoisotopic (exact) mass is 345 g/mol. The van der Waals surface area contributed by atoms with Crippen molar-refractivity contribution in [1.29, 1.82) is 0 Å². The third kappa shape index (κ3) is 4.21. The second kappa shape index (κ2) is 7.59. The number of hydrogen-bond donors (Lipinski definition) is 1. The highest BCUT2D eigenvalue weighted by Crippen LogP contribution is 2.20. The zero-order chi connectivity index (χ0) is 16.9. The Labute approximate surface area is 145 Å². The fourth-order valence-electron chi connectivity index (χ4n) is 2.52. The van der Waals surface area contributed by atoms with Crippen molar-refractivity contribution < 1.29 is 4.52 Å². The summed E-state index contributed by atoms with van der Waals surface area (Å²) >= 11 is 6.00. The van der Waals surface area contributed by atoms with Crippen LogP contribution in [0.15, 0.2) is 34.9 Å². The van der Waals surface area contributed by atoms with Crippen LogP contribution in [0, 0.1) is 0 Å². The van der Waals surface area contributed by atoms with Crippen molar-refractivity contribution in [1.82, 2.24) is 25.2 Å². The molecular formula is C17H20ClN5O. The van der Waals surface area contributed by atoms with E-state index in [1.54, 1.807) is 0 Å². The van der Waals surface area contributed by atoms with Gasteiger partial charge in [0.05, 0.1) is 12.2 Å². The maximum atomic E-state index is 6.00. The zero-order valence-corrected chi connectivity index (χ0v) is 14.5. The van der Waals surface area contributed by atoms with Gasteiger partial charge in [-0.25, -0.2) is 0 Å². The van der Waals surface area contributed by atoms with Gasteiger partial charge in [0.25, 0.3) is 0 Å². The van der Waals surface area contributed by atoms with Gasteiger partial charge in [0.1, 0.15) is 0 Å². The van der Waals surface area contributed by atoms with E-state index >= 15 is 0 Å². The van der Waals surface area contributed by atoms with Gasteiger partial charge in [0, 0.05) is 22.8 Å². The predicted octanol–water partition coefficient (Wildman–Crippen LogP) is 3.70. The third-order valence-corrected chi connectivity index (χ3v) is 3.82. The molecule has 1 N–H and O–H groups in total. The lowest BCUT2D eigenvalue weighted by molar-refractivity contribution is 0.258. The number of aryl methyl sites for hydroxylation is 1. The van der Waals surface area contributed by atoms with Crippen LogP contribution in [-0.4, -0.2) is 32.3 Å². The molecule has 0 saturated heterocycles. The lowest BCUT2D eigenvalue weighted by Crippen LogP contribution is -2.17. The molecule has 0 aliphatic rings. The van der Waals surface area contributed by atoms with E-state index in [0.717, 1.165) is 36.3 Å². The van der Waals surface area contributed by atoms with Gasteiger partial charge in [-0.05, 0) is 31.7 Å². The van der Waals surface area contributed by atoms with Crippen LogP contribution in [0.25, 0.3) is 11.4 Å². The quantitative estimate of drug-likeness (QED) is 0.707. The molecule has 3 aromatic rings. The van der Waals surface area contributed by atoms with E-state index in [1.807, 2.05) is 31.3 Å². The number of benzene rings is 1. The van der Waals surface area contributed by atoms with E-state index in [-0.39, 0.29) is 0 Å². The van der Waals surface area contributed by atoms with E-state index in [9.17, 15) is 0 Å². The molecule has 1 aromatic carbocycles. The number of aromatic amines is 1. The molecular weight excluding hydrogens is 326 g/mol. The molecule has 0 spiro atoms. The molecule has 0 amide bonds. The normalized spacial score (nSPS) is 11.3. The highest BCUT2D eigenvalue weighted by Gasteiger charge is 2.12. The number of halogens is 1. The molecule has 2 aromatic heterocycles. The minimum absolute atomic E-state index is 0.549. The average molecular weight is 346 g/mol. The van der Waals surface area contributed by atoms with Gasteiger partial charge in [-0.1, -0.05) is 42.2 Å². The predicted molar refractivity (Wildman–Crippen MR) is 92.5 cm³/mol. The molecule has 6 nitrogen and oxygen atoms in total. The Balaban J connectivity index is 1.61. The Kier molecular flexibility index (Phi) is 5.27. The summed E-state index contributed by atoms with van der Waals surface area (Å²) in [6.07, 6.45) is 2.08. The molecule has 3 rings (SSSR count). The van der Waals surface area contributed by atoms with E-state index in [2.05, 4.69) is 38.2 Å². The largest absolute Gasteiger partial charge is 0.338 e. The molecule has 0 aliphatic heterocycles. The van der Waals surface area contributed by atoms with Gasteiger partial charge in [-0.3, -0.25) is 10.00 Å². The Morgan fingerprint density at radius 1 is 1.25 bits per heavy atom. The Morgan fingerprint density at radius 3 is 2.92 bits per heavy atom. The van der Waals surface area contributed by atoms with Gasteiger partial charge in [-0.2, -0.15) is 10.1 Å². The molecule has 0 saturated carbocycles. The van der Waals surface area contributed by atoms with E-state index < -0.39 is 0 Å². The van der Waals surface area contributed by atoms with Crippen molar-refractivity contribution in [2.75, 3.05) is 7.05 Å². The summed E-state index contributed by atoms with van der Waals surface area (Å²) in [7, 11) is 2.00. The first-order chi connectivity index (χ1) is 11.6. The molecule has 0 atom stereocenters. The molecule has 126 valence electrons. The second-order valence-corrected chi connectivity index (χ2v) is 6.27. The summed E-state index contributed by atoms with van der Waals surface area (Å²) in [5.74, 6) is 1.12. The molecule has 0 aliphatic carbocycles. The molecule has 0 bridgehead atoms. The lowest BCUT2D eigenvalue weighted by atomic mass is 10.2. The highest BCUT2D eigenvalue weighted by atomic mass is 35.5. The maximum Gasteiger partial charge on any atom is 0.241 e. The lowest BCUT2D eigenvalue weighted by Gasteiger charge is -2.12. The van der Waals surface area contributed by atoms with Crippen LogP contribution in [0.2, 0.25) is 5.02 Å². The zero-order valence-electron chi connectivity index (χ0n) is 13.8. The second-order valence-electron chi connectivity index (χ2n) is 5.83. The summed E-state index contributed by atoms with van der Waals surface area (Å²) in [6, 6.07) is 9.51. The summed E-state index contributed by atoms with van der Waals surface area (Å²) in [4.78, 5) is 6.53. The summed E-state index contributed by atoms with van der Waals surface area (Å²) in [5, 5.41) is 12.0. The van der Waals surface area contributed by atoms with Crippen LogP contribution in [0.1, 0.15) is 30.6 Å². The first kappa shape index (κ1) is 16.7. The van der Waals surface area contributed by atoms with Crippen LogP contribution in [-0.2, 0) is 19.5 Å². The van der Waals surface area contributed by atoms with Crippen molar-refractivity contribution >= 4 is 11.6 Å². The average Bonchev–Trinajstić information content (AvgIpc) is 3.17. The third-order valence-electron chi connectivity index (χ3n) is 3.59. The smallest absolute Gasteiger partial charge is 0.241 e. The Hall–Kier alpha value is -2.18. The van der Waals surface area contributed by atoms with Crippen LogP contribution < -0.4 is 0 Å². The van der Waals surface area contributed by atoms with Crippen molar-refractivity contribution in [2.24, 2.45) is 0 Å². The molecule has 24 heavy (non-hydrogen) atoms. The van der Waals surface area contributed by atoms with Gasteiger partial charge in [-0.15, -0.1) is 0 Å². The van der Waals surface area contributed by atoms with Gasteiger partial charge in [0.15, 0.2) is 0 Å². The summed E-state index contributed by atoms with van der Waals surface area (Å²) < 4.78 is 5.34. The van der Waals surface area contributed by atoms with Crippen LogP contribution >= 0.6 is 11.6 Å².